The molecule has 0 saturated heterocycles. The third-order valence-corrected chi connectivity index (χ3v) is 3.67. The number of esters is 1. The van der Waals surface area contributed by atoms with Gasteiger partial charge in [0.05, 0.1) is 7.11 Å². The average molecular weight is 378 g/mol. The number of rotatable bonds is 10. The van der Waals surface area contributed by atoms with Gasteiger partial charge < -0.3 is 25.2 Å². The molecule has 0 rings (SSSR count). The van der Waals surface area contributed by atoms with Crippen LogP contribution >= 0.6 is 11.8 Å². The molecule has 25 heavy (non-hydrogen) atoms. The van der Waals surface area contributed by atoms with Crippen molar-refractivity contribution in [2.24, 2.45) is 0 Å². The van der Waals surface area contributed by atoms with Gasteiger partial charge >= 0.3 is 12.1 Å². The van der Waals surface area contributed by atoms with Gasteiger partial charge in [0.2, 0.25) is 5.91 Å². The van der Waals surface area contributed by atoms with E-state index in [1.165, 1.54) is 18.9 Å². The number of thioether (sulfide) groups is 1. The van der Waals surface area contributed by atoms with Crippen LogP contribution in [0.5, 0.6) is 0 Å². The Morgan fingerprint density at radius 2 is 1.84 bits per heavy atom. The number of methoxy groups -OCH3 is 1. The molecule has 0 aliphatic carbocycles. The first kappa shape index (κ1) is 23.5. The average Bonchev–Trinajstić information content (AvgIpc) is 2.50. The van der Waals surface area contributed by atoms with Crippen molar-refractivity contribution in [3.8, 4) is 0 Å². The SMILES string of the molecule is COC(=O)[C@H](CCCCNC(=O)OC(C)(C)C)NC(=O)C(O)CSC. The molecule has 0 heterocycles. The van der Waals surface area contributed by atoms with Gasteiger partial charge in [-0.3, -0.25) is 4.79 Å². The summed E-state index contributed by atoms with van der Waals surface area (Å²) >= 11 is 1.33. The Bertz CT molecular complexity index is 439. The van der Waals surface area contributed by atoms with Gasteiger partial charge in [-0.05, 0) is 46.3 Å². The summed E-state index contributed by atoms with van der Waals surface area (Å²) in [5.41, 5.74) is -0.554. The van der Waals surface area contributed by atoms with Crippen molar-refractivity contribution in [2.75, 3.05) is 25.7 Å². The van der Waals surface area contributed by atoms with Crippen molar-refractivity contribution >= 4 is 29.7 Å². The number of aliphatic hydroxyl groups is 1. The summed E-state index contributed by atoms with van der Waals surface area (Å²) in [4.78, 5) is 35.1. The summed E-state index contributed by atoms with van der Waals surface area (Å²) < 4.78 is 9.78. The van der Waals surface area contributed by atoms with Gasteiger partial charge in [-0.1, -0.05) is 0 Å². The second-order valence-corrected chi connectivity index (χ2v) is 7.39. The van der Waals surface area contributed by atoms with Crippen molar-refractivity contribution in [3.63, 3.8) is 0 Å². The highest BCUT2D eigenvalue weighted by atomic mass is 32.2. The Kier molecular flexibility index (Phi) is 11.3. The largest absolute Gasteiger partial charge is 0.467 e. The van der Waals surface area contributed by atoms with Gasteiger partial charge in [-0.25, -0.2) is 9.59 Å². The van der Waals surface area contributed by atoms with Crippen LogP contribution in [0, 0.1) is 0 Å². The summed E-state index contributed by atoms with van der Waals surface area (Å²) in [7, 11) is 1.24. The third kappa shape index (κ3) is 11.7. The van der Waals surface area contributed by atoms with Crippen LogP contribution in [0.1, 0.15) is 40.0 Å². The molecular weight excluding hydrogens is 348 g/mol. The first-order valence-electron chi connectivity index (χ1n) is 8.12. The maximum absolute atomic E-state index is 11.8. The number of ether oxygens (including phenoxy) is 2. The fourth-order valence-corrected chi connectivity index (χ4v) is 2.34. The minimum Gasteiger partial charge on any atom is -0.467 e. The Morgan fingerprint density at radius 1 is 1.20 bits per heavy atom. The predicted molar refractivity (Wildman–Crippen MR) is 96.4 cm³/mol. The van der Waals surface area contributed by atoms with Crippen molar-refractivity contribution in [1.29, 1.82) is 0 Å². The molecule has 0 fully saturated rings. The fourth-order valence-electron chi connectivity index (χ4n) is 1.87. The van der Waals surface area contributed by atoms with Crippen LogP contribution in [0.25, 0.3) is 0 Å². The highest BCUT2D eigenvalue weighted by molar-refractivity contribution is 7.98. The molecule has 0 aromatic heterocycles. The fraction of sp³-hybridized carbons (Fsp3) is 0.812. The van der Waals surface area contributed by atoms with E-state index in [1.807, 2.05) is 0 Å². The van der Waals surface area contributed by atoms with Crippen molar-refractivity contribution in [2.45, 2.75) is 57.8 Å². The van der Waals surface area contributed by atoms with E-state index in [2.05, 4.69) is 15.4 Å². The lowest BCUT2D eigenvalue weighted by molar-refractivity contribution is -0.146. The van der Waals surface area contributed by atoms with Gasteiger partial charge in [-0.15, -0.1) is 0 Å². The monoisotopic (exact) mass is 378 g/mol. The Morgan fingerprint density at radius 3 is 2.36 bits per heavy atom. The molecule has 2 atom stereocenters. The summed E-state index contributed by atoms with van der Waals surface area (Å²) in [5, 5.41) is 14.8. The van der Waals surface area contributed by atoms with E-state index < -0.39 is 35.7 Å². The van der Waals surface area contributed by atoms with Crippen LogP contribution in [0.2, 0.25) is 0 Å². The molecule has 146 valence electrons. The minimum absolute atomic E-state index is 0.250. The second-order valence-electron chi connectivity index (χ2n) is 6.48. The quantitative estimate of drug-likeness (QED) is 0.385. The molecule has 0 aromatic carbocycles. The zero-order valence-corrected chi connectivity index (χ0v) is 16.4. The molecule has 0 aliphatic heterocycles. The Labute approximate surface area is 153 Å². The number of aliphatic hydroxyl groups excluding tert-OH is 1. The Balaban J connectivity index is 4.23. The highest BCUT2D eigenvalue weighted by Crippen LogP contribution is 2.07. The van der Waals surface area contributed by atoms with E-state index in [0.29, 0.717) is 25.8 Å². The topological polar surface area (TPSA) is 114 Å². The molecule has 0 bridgehead atoms. The molecule has 8 nitrogen and oxygen atoms in total. The molecule has 1 unspecified atom stereocenters. The lowest BCUT2D eigenvalue weighted by Gasteiger charge is -2.20. The molecule has 0 aliphatic rings. The molecule has 3 N–H and O–H groups in total. The minimum atomic E-state index is -1.17. The number of unbranched alkanes of at least 4 members (excludes halogenated alkanes) is 1. The maximum atomic E-state index is 11.8. The first-order chi connectivity index (χ1) is 11.6. The summed E-state index contributed by atoms with van der Waals surface area (Å²) in [5.74, 6) is -0.916. The van der Waals surface area contributed by atoms with Crippen LogP contribution in [0.4, 0.5) is 4.79 Å². The van der Waals surface area contributed by atoms with Crippen LogP contribution in [0.15, 0.2) is 0 Å². The second kappa shape index (κ2) is 12.0. The zero-order valence-electron chi connectivity index (χ0n) is 15.6. The number of amides is 2. The van der Waals surface area contributed by atoms with Crippen molar-refractivity contribution in [3.05, 3.63) is 0 Å². The lowest BCUT2D eigenvalue weighted by Crippen LogP contribution is -2.46. The van der Waals surface area contributed by atoms with Crippen LogP contribution in [-0.4, -0.2) is 66.5 Å². The summed E-state index contributed by atoms with van der Waals surface area (Å²) in [6.07, 6.45) is 1.64. The maximum Gasteiger partial charge on any atom is 0.407 e. The van der Waals surface area contributed by atoms with Crippen LogP contribution in [0.3, 0.4) is 0 Å². The van der Waals surface area contributed by atoms with Gasteiger partial charge in [0, 0.05) is 12.3 Å². The van der Waals surface area contributed by atoms with Gasteiger partial charge in [0.15, 0.2) is 0 Å². The predicted octanol–water partition coefficient (Wildman–Crippen LogP) is 1.06. The Hall–Kier alpha value is -1.48. The van der Waals surface area contributed by atoms with Crippen molar-refractivity contribution in [1.82, 2.24) is 10.6 Å². The van der Waals surface area contributed by atoms with E-state index in [-0.39, 0.29) is 5.75 Å². The van der Waals surface area contributed by atoms with Crippen LogP contribution < -0.4 is 10.6 Å². The number of carbonyl (C=O) groups excluding carboxylic acids is 3. The van der Waals surface area contributed by atoms with E-state index in [4.69, 9.17) is 4.74 Å². The number of carbonyl (C=O) groups is 3. The smallest absolute Gasteiger partial charge is 0.407 e. The van der Waals surface area contributed by atoms with Crippen LogP contribution in [-0.2, 0) is 19.1 Å². The van der Waals surface area contributed by atoms with E-state index in [9.17, 15) is 19.5 Å². The number of nitrogens with one attached hydrogen (secondary N) is 2. The summed E-state index contributed by atoms with van der Waals surface area (Å²) in [6.45, 7) is 5.73. The van der Waals surface area contributed by atoms with Crippen molar-refractivity contribution < 1.29 is 29.0 Å². The standard InChI is InChI=1S/C16H30N2O6S/c1-16(2,3)24-15(22)17-9-7-6-8-11(14(21)23-4)18-13(20)12(19)10-25-5/h11-12,19H,6-10H2,1-5H3,(H,17,22)(H,18,20)/t11-,12?/m0/s1. The normalized spacial score (nSPS) is 13.5. The molecule has 0 spiro atoms. The molecule has 9 heteroatoms. The van der Waals surface area contributed by atoms with E-state index in [0.717, 1.165) is 0 Å². The first-order valence-corrected chi connectivity index (χ1v) is 9.52. The molecule has 0 saturated carbocycles. The molecule has 0 radical (unpaired) electrons. The number of hydrogen-bond donors (Lipinski definition) is 3. The number of alkyl carbamates (subject to hydrolysis) is 1. The van der Waals surface area contributed by atoms with Gasteiger partial charge in [-0.2, -0.15) is 11.8 Å². The molecular formula is C16H30N2O6S. The summed E-state index contributed by atoms with van der Waals surface area (Å²) in [6, 6.07) is -0.824. The lowest BCUT2D eigenvalue weighted by atomic mass is 10.1. The van der Waals surface area contributed by atoms with Gasteiger partial charge in [0.25, 0.3) is 0 Å². The number of hydrogen-bond acceptors (Lipinski definition) is 7. The third-order valence-electron chi connectivity index (χ3n) is 3.02. The molecule has 0 aromatic rings. The highest BCUT2D eigenvalue weighted by Gasteiger charge is 2.24. The van der Waals surface area contributed by atoms with E-state index >= 15 is 0 Å². The van der Waals surface area contributed by atoms with E-state index in [1.54, 1.807) is 27.0 Å². The molecule has 2 amide bonds. The van der Waals surface area contributed by atoms with Gasteiger partial charge in [0.1, 0.15) is 17.7 Å². The zero-order chi connectivity index (χ0) is 19.5.